The fraction of sp³-hybridized carbons (Fsp3) is 0.533. The van der Waals surface area contributed by atoms with Crippen molar-refractivity contribution in [3.63, 3.8) is 0 Å². The van der Waals surface area contributed by atoms with E-state index in [0.717, 1.165) is 55.8 Å². The Morgan fingerprint density at radius 2 is 2.00 bits per heavy atom. The Labute approximate surface area is 114 Å². The zero-order valence-electron chi connectivity index (χ0n) is 11.5. The summed E-state index contributed by atoms with van der Waals surface area (Å²) in [6.45, 7) is 5.31. The lowest BCUT2D eigenvalue weighted by molar-refractivity contribution is -0.128. The Morgan fingerprint density at radius 1 is 1.26 bits per heavy atom. The zero-order valence-corrected chi connectivity index (χ0v) is 11.5. The molecule has 3 rings (SSSR count). The number of fused-ring (bicyclic) bond motifs is 1. The number of aryl methyl sites for hydroxylation is 1. The molecule has 4 heteroatoms. The van der Waals surface area contributed by atoms with Crippen LogP contribution in [0.3, 0.4) is 0 Å². The minimum Gasteiger partial charge on any atom is -0.398 e. The van der Waals surface area contributed by atoms with Gasteiger partial charge in [-0.3, -0.25) is 4.79 Å². The molecule has 0 bridgehead atoms. The second-order valence-corrected chi connectivity index (χ2v) is 5.60. The van der Waals surface area contributed by atoms with Crippen molar-refractivity contribution in [3.05, 3.63) is 23.3 Å². The summed E-state index contributed by atoms with van der Waals surface area (Å²) in [7, 11) is 0. The molecule has 2 aliphatic rings. The van der Waals surface area contributed by atoms with E-state index in [0.29, 0.717) is 6.54 Å². The summed E-state index contributed by atoms with van der Waals surface area (Å²) in [5.41, 5.74) is 10.4. The third-order valence-electron chi connectivity index (χ3n) is 4.24. The van der Waals surface area contributed by atoms with Crippen LogP contribution >= 0.6 is 0 Å². The van der Waals surface area contributed by atoms with Crippen LogP contribution in [0.4, 0.5) is 11.4 Å². The second-order valence-electron chi connectivity index (χ2n) is 5.60. The van der Waals surface area contributed by atoms with Gasteiger partial charge in [0.05, 0.1) is 6.54 Å². The number of nitrogen functional groups attached to an aromatic ring is 1. The molecule has 4 nitrogen and oxygen atoms in total. The average Bonchev–Trinajstić information content (AvgIpc) is 3.01. The molecule has 0 spiro atoms. The predicted molar refractivity (Wildman–Crippen MR) is 77.3 cm³/mol. The molecular formula is C15H21N3O. The van der Waals surface area contributed by atoms with Gasteiger partial charge in [-0.2, -0.15) is 0 Å². The van der Waals surface area contributed by atoms with Crippen molar-refractivity contribution in [3.8, 4) is 0 Å². The molecule has 102 valence electrons. The van der Waals surface area contributed by atoms with E-state index in [4.69, 9.17) is 5.73 Å². The van der Waals surface area contributed by atoms with Gasteiger partial charge in [0.15, 0.2) is 0 Å². The van der Waals surface area contributed by atoms with E-state index in [1.54, 1.807) is 0 Å². The van der Waals surface area contributed by atoms with Crippen molar-refractivity contribution in [2.75, 3.05) is 36.8 Å². The molecule has 1 amide bonds. The first kappa shape index (κ1) is 12.3. The summed E-state index contributed by atoms with van der Waals surface area (Å²) in [5.74, 6) is 0.254. The first-order valence-corrected chi connectivity index (χ1v) is 7.07. The molecule has 0 aromatic heterocycles. The first-order chi connectivity index (χ1) is 9.15. The van der Waals surface area contributed by atoms with Gasteiger partial charge in [0.2, 0.25) is 5.91 Å². The number of nitrogens with zero attached hydrogens (tertiary/aromatic N) is 2. The van der Waals surface area contributed by atoms with Gasteiger partial charge in [-0.15, -0.1) is 0 Å². The highest BCUT2D eigenvalue weighted by molar-refractivity contribution is 5.83. The molecule has 0 unspecified atom stereocenters. The summed E-state index contributed by atoms with van der Waals surface area (Å²) in [6, 6.07) is 4.18. The van der Waals surface area contributed by atoms with E-state index in [9.17, 15) is 4.79 Å². The summed E-state index contributed by atoms with van der Waals surface area (Å²) in [6.07, 6.45) is 3.31. The fourth-order valence-electron chi connectivity index (χ4n) is 3.04. The zero-order chi connectivity index (χ0) is 13.4. The maximum Gasteiger partial charge on any atom is 0.242 e. The highest BCUT2D eigenvalue weighted by Crippen LogP contribution is 2.31. The number of anilines is 2. The Balaban J connectivity index is 1.75. The minimum absolute atomic E-state index is 0.254. The Morgan fingerprint density at radius 3 is 2.74 bits per heavy atom. The fourth-order valence-corrected chi connectivity index (χ4v) is 3.04. The van der Waals surface area contributed by atoms with Crippen LogP contribution in [-0.4, -0.2) is 37.0 Å². The molecule has 2 N–H and O–H groups in total. The number of carbonyl (C=O) groups is 1. The molecule has 1 aromatic rings. The van der Waals surface area contributed by atoms with E-state index in [1.807, 2.05) is 17.9 Å². The third-order valence-corrected chi connectivity index (χ3v) is 4.24. The van der Waals surface area contributed by atoms with Gasteiger partial charge < -0.3 is 15.5 Å². The van der Waals surface area contributed by atoms with Crippen molar-refractivity contribution in [2.24, 2.45) is 0 Å². The molecule has 0 saturated carbocycles. The molecule has 1 aromatic carbocycles. The van der Waals surface area contributed by atoms with Crippen LogP contribution in [0.15, 0.2) is 12.1 Å². The van der Waals surface area contributed by atoms with Crippen LogP contribution in [0, 0.1) is 6.92 Å². The monoisotopic (exact) mass is 259 g/mol. The van der Waals surface area contributed by atoms with Crippen LogP contribution < -0.4 is 10.6 Å². The van der Waals surface area contributed by atoms with Gasteiger partial charge in [0.25, 0.3) is 0 Å². The van der Waals surface area contributed by atoms with Gasteiger partial charge in [-0.25, -0.2) is 0 Å². The number of hydrogen-bond acceptors (Lipinski definition) is 3. The molecule has 2 aliphatic heterocycles. The summed E-state index contributed by atoms with van der Waals surface area (Å²) < 4.78 is 0. The predicted octanol–water partition coefficient (Wildman–Crippen LogP) is 1.56. The Hall–Kier alpha value is -1.71. The molecule has 0 radical (unpaired) electrons. The standard InChI is InChI=1S/C15H21N3O/c1-11-8-12-4-7-18(14(12)9-13(11)16)10-15(19)17-5-2-3-6-17/h8-9H,2-7,10,16H2,1H3. The van der Waals surface area contributed by atoms with Gasteiger partial charge in [0.1, 0.15) is 0 Å². The number of carbonyl (C=O) groups excluding carboxylic acids is 1. The van der Waals surface area contributed by atoms with E-state index < -0.39 is 0 Å². The normalized spacial score (nSPS) is 17.9. The maximum absolute atomic E-state index is 12.2. The Bertz CT molecular complexity index is 506. The molecular weight excluding hydrogens is 238 g/mol. The van der Waals surface area contributed by atoms with Crippen LogP contribution in [0.2, 0.25) is 0 Å². The molecule has 2 heterocycles. The molecule has 1 saturated heterocycles. The highest BCUT2D eigenvalue weighted by Gasteiger charge is 2.25. The number of hydrogen-bond donors (Lipinski definition) is 1. The number of rotatable bonds is 2. The number of likely N-dealkylation sites (tertiary alicyclic amines) is 1. The van der Waals surface area contributed by atoms with Crippen molar-refractivity contribution in [1.29, 1.82) is 0 Å². The van der Waals surface area contributed by atoms with Crippen LogP contribution in [0.25, 0.3) is 0 Å². The highest BCUT2D eigenvalue weighted by atomic mass is 16.2. The van der Waals surface area contributed by atoms with Crippen LogP contribution in [0.5, 0.6) is 0 Å². The minimum atomic E-state index is 0.254. The third kappa shape index (κ3) is 2.27. The van der Waals surface area contributed by atoms with E-state index in [2.05, 4.69) is 11.0 Å². The van der Waals surface area contributed by atoms with Crippen molar-refractivity contribution in [2.45, 2.75) is 26.2 Å². The maximum atomic E-state index is 12.2. The van der Waals surface area contributed by atoms with Crippen LogP contribution in [-0.2, 0) is 11.2 Å². The van der Waals surface area contributed by atoms with Crippen molar-refractivity contribution < 1.29 is 4.79 Å². The first-order valence-electron chi connectivity index (χ1n) is 7.07. The summed E-state index contributed by atoms with van der Waals surface area (Å²) >= 11 is 0. The summed E-state index contributed by atoms with van der Waals surface area (Å²) in [4.78, 5) is 16.4. The van der Waals surface area contributed by atoms with Crippen molar-refractivity contribution in [1.82, 2.24) is 4.90 Å². The van der Waals surface area contributed by atoms with E-state index >= 15 is 0 Å². The number of benzene rings is 1. The SMILES string of the molecule is Cc1cc2c(cc1N)N(CC(=O)N1CCCC1)CC2. The lowest BCUT2D eigenvalue weighted by Gasteiger charge is -2.23. The summed E-state index contributed by atoms with van der Waals surface area (Å²) in [5, 5.41) is 0. The van der Waals surface area contributed by atoms with Gasteiger partial charge in [-0.1, -0.05) is 6.07 Å². The van der Waals surface area contributed by atoms with Crippen molar-refractivity contribution >= 4 is 17.3 Å². The number of nitrogens with two attached hydrogens (primary N) is 1. The lowest BCUT2D eigenvalue weighted by Crippen LogP contribution is -2.38. The molecule has 0 atom stereocenters. The van der Waals surface area contributed by atoms with Crippen LogP contribution in [0.1, 0.15) is 24.0 Å². The average molecular weight is 259 g/mol. The molecule has 0 aliphatic carbocycles. The van der Waals surface area contributed by atoms with E-state index in [1.165, 1.54) is 5.56 Å². The molecule has 19 heavy (non-hydrogen) atoms. The second kappa shape index (κ2) is 4.76. The van der Waals surface area contributed by atoms with E-state index in [-0.39, 0.29) is 5.91 Å². The van der Waals surface area contributed by atoms with Gasteiger partial charge in [-0.05, 0) is 43.4 Å². The Kier molecular flexibility index (Phi) is 3.09. The van der Waals surface area contributed by atoms with Gasteiger partial charge >= 0.3 is 0 Å². The number of amides is 1. The van der Waals surface area contributed by atoms with Gasteiger partial charge in [0, 0.05) is 31.0 Å². The lowest BCUT2D eigenvalue weighted by atomic mass is 10.1. The smallest absolute Gasteiger partial charge is 0.242 e. The molecule has 1 fully saturated rings. The quantitative estimate of drug-likeness (QED) is 0.820. The topological polar surface area (TPSA) is 49.6 Å². The largest absolute Gasteiger partial charge is 0.398 e.